The van der Waals surface area contributed by atoms with Crippen LogP contribution in [0.15, 0.2) is 19.0 Å². The topological polar surface area (TPSA) is 78.1 Å². The predicted octanol–water partition coefficient (Wildman–Crippen LogP) is -1.64. The van der Waals surface area contributed by atoms with Crippen LogP contribution in [0.2, 0.25) is 0 Å². The maximum atomic E-state index is 11.2. The molecule has 0 aliphatic heterocycles. The first-order valence-corrected chi connectivity index (χ1v) is 3.84. The van der Waals surface area contributed by atoms with Gasteiger partial charge in [0.05, 0.1) is 0 Å². The Kier molecular flexibility index (Phi) is 1.42. The van der Waals surface area contributed by atoms with Gasteiger partial charge in [-0.1, -0.05) is 6.92 Å². The maximum Gasteiger partial charge on any atom is 0.408 e. The summed E-state index contributed by atoms with van der Waals surface area (Å²) < 4.78 is 6.53. The Morgan fingerprint density at radius 3 is 2.00 bits per heavy atom. The van der Waals surface area contributed by atoms with E-state index in [0.717, 1.165) is 4.57 Å². The second-order valence-electron chi connectivity index (χ2n) is 2.67. The Bertz CT molecular complexity index is 539. The molecule has 0 saturated carbocycles. The normalized spacial score (nSPS) is 11.5. The molecule has 0 saturated heterocycles. The molecule has 13 heavy (non-hydrogen) atoms. The first-order valence-electron chi connectivity index (χ1n) is 3.84. The van der Waals surface area contributed by atoms with E-state index in [1.807, 2.05) is 6.92 Å². The Balaban J connectivity index is 2.85. The van der Waals surface area contributed by atoms with Crippen LogP contribution in [0.3, 0.4) is 0 Å². The van der Waals surface area contributed by atoms with Crippen LogP contribution < -0.4 is 17.1 Å². The smallest absolute Gasteiger partial charge is 0.263 e. The first-order chi connectivity index (χ1) is 6.16. The highest BCUT2D eigenvalue weighted by Crippen LogP contribution is 1.80. The maximum absolute atomic E-state index is 11.2. The minimum Gasteiger partial charge on any atom is -0.263 e. The van der Waals surface area contributed by atoms with Crippen LogP contribution in [0.4, 0.5) is 0 Å². The molecular formula is C6H7N3O4. The van der Waals surface area contributed by atoms with Crippen molar-refractivity contribution in [3.8, 4) is 0 Å². The molecule has 0 atom stereocenters. The zero-order valence-electron chi connectivity index (χ0n) is 6.89. The molecule has 3 rings (SSSR count). The van der Waals surface area contributed by atoms with E-state index >= 15 is 0 Å². The van der Waals surface area contributed by atoms with E-state index in [4.69, 9.17) is 0 Å². The Morgan fingerprint density at radius 1 is 1.08 bits per heavy atom. The molecular weight excluding hydrogens is 178 g/mol. The van der Waals surface area contributed by atoms with E-state index in [9.17, 15) is 14.4 Å². The van der Waals surface area contributed by atoms with Gasteiger partial charge in [-0.2, -0.15) is 0 Å². The third kappa shape index (κ3) is 0.807. The molecule has 70 valence electrons. The SMILES string of the molecule is CCCn1c(=O)n2on(c1=O)c2=O. The van der Waals surface area contributed by atoms with E-state index in [-0.39, 0.29) is 0 Å². The van der Waals surface area contributed by atoms with Crippen molar-refractivity contribution in [1.29, 1.82) is 0 Å². The average molecular weight is 185 g/mol. The van der Waals surface area contributed by atoms with Crippen LogP contribution in [0.1, 0.15) is 13.3 Å². The fraction of sp³-hybridized carbons (Fsp3) is 0.500. The molecule has 3 heterocycles. The van der Waals surface area contributed by atoms with Gasteiger partial charge in [-0.05, 0) is 15.6 Å². The molecule has 0 radical (unpaired) electrons. The molecule has 2 bridgehead atoms. The molecule has 0 amide bonds. The number of aromatic nitrogens is 3. The molecule has 0 aliphatic rings. The van der Waals surface area contributed by atoms with Crippen molar-refractivity contribution < 1.29 is 4.63 Å². The zero-order chi connectivity index (χ0) is 9.59. The Labute approximate surface area is 70.7 Å². The Hall–Kier alpha value is -1.79. The van der Waals surface area contributed by atoms with Gasteiger partial charge in [0, 0.05) is 6.54 Å². The van der Waals surface area contributed by atoms with Gasteiger partial charge in [0.1, 0.15) is 0 Å². The third-order valence-corrected chi connectivity index (χ3v) is 1.77. The van der Waals surface area contributed by atoms with Crippen LogP contribution >= 0.6 is 0 Å². The second-order valence-corrected chi connectivity index (χ2v) is 2.67. The predicted molar refractivity (Wildman–Crippen MR) is 41.4 cm³/mol. The lowest BCUT2D eigenvalue weighted by Gasteiger charge is -2.06. The van der Waals surface area contributed by atoms with Crippen molar-refractivity contribution in [1.82, 2.24) is 13.7 Å². The van der Waals surface area contributed by atoms with E-state index < -0.39 is 17.1 Å². The van der Waals surface area contributed by atoms with Gasteiger partial charge in [0.25, 0.3) is 0 Å². The second kappa shape index (κ2) is 2.35. The lowest BCUT2D eigenvalue weighted by atomic mass is 10.5. The summed E-state index contributed by atoms with van der Waals surface area (Å²) in [6, 6.07) is 0. The molecule has 0 N–H and O–H groups in total. The number of nitrogens with zero attached hydrogens (tertiary/aromatic N) is 3. The van der Waals surface area contributed by atoms with Gasteiger partial charge in [-0.25, -0.2) is 19.0 Å². The van der Waals surface area contributed by atoms with Crippen molar-refractivity contribution in [2.24, 2.45) is 0 Å². The fourth-order valence-electron chi connectivity index (χ4n) is 1.15. The fourth-order valence-corrected chi connectivity index (χ4v) is 1.15. The van der Waals surface area contributed by atoms with Crippen LogP contribution in [0.5, 0.6) is 0 Å². The van der Waals surface area contributed by atoms with Crippen LogP contribution in [0.25, 0.3) is 0 Å². The minimum absolute atomic E-state index is 0.293. The molecule has 7 heteroatoms. The number of hydrogen-bond acceptors (Lipinski definition) is 4. The molecule has 0 spiro atoms. The summed E-state index contributed by atoms with van der Waals surface area (Å²) in [4.78, 5) is 33.3. The lowest BCUT2D eigenvalue weighted by Crippen LogP contribution is -2.54. The average Bonchev–Trinajstić information content (AvgIpc) is 2.09. The summed E-state index contributed by atoms with van der Waals surface area (Å²) in [6.45, 7) is 2.12. The molecule has 0 aromatic carbocycles. The van der Waals surface area contributed by atoms with Crippen molar-refractivity contribution in [2.45, 2.75) is 19.9 Å². The summed E-state index contributed by atoms with van der Waals surface area (Å²) in [6.07, 6.45) is 0.646. The van der Waals surface area contributed by atoms with E-state index in [2.05, 4.69) is 4.63 Å². The van der Waals surface area contributed by atoms with Gasteiger partial charge >= 0.3 is 17.1 Å². The number of fused-ring (bicyclic) bond motifs is 2. The summed E-state index contributed by atoms with van der Waals surface area (Å²) in [5.41, 5.74) is -2.14. The molecule has 3 aromatic rings. The third-order valence-electron chi connectivity index (χ3n) is 1.77. The highest BCUT2D eigenvalue weighted by molar-refractivity contribution is 4.74. The van der Waals surface area contributed by atoms with Crippen LogP contribution in [-0.4, -0.2) is 13.7 Å². The molecule has 0 aliphatic carbocycles. The molecule has 3 aromatic heterocycles. The minimum atomic E-state index is -0.720. The number of rotatable bonds is 2. The van der Waals surface area contributed by atoms with Crippen molar-refractivity contribution in [3.05, 3.63) is 31.5 Å². The quantitative estimate of drug-likeness (QED) is 0.562. The van der Waals surface area contributed by atoms with Crippen LogP contribution in [-0.2, 0) is 6.54 Å². The van der Waals surface area contributed by atoms with Gasteiger partial charge in [0.2, 0.25) is 0 Å². The number of hydrogen-bond donors (Lipinski definition) is 0. The first kappa shape index (κ1) is 7.84. The monoisotopic (exact) mass is 185 g/mol. The summed E-state index contributed by atoms with van der Waals surface area (Å²) >= 11 is 0. The molecule has 0 unspecified atom stereocenters. The van der Waals surface area contributed by atoms with E-state index in [1.165, 1.54) is 0 Å². The highest BCUT2D eigenvalue weighted by Gasteiger charge is 2.17. The summed E-state index contributed by atoms with van der Waals surface area (Å²) in [5, 5.41) is 0. The van der Waals surface area contributed by atoms with Gasteiger partial charge < -0.3 is 0 Å². The summed E-state index contributed by atoms with van der Waals surface area (Å²) in [7, 11) is 0. The zero-order valence-corrected chi connectivity index (χ0v) is 6.89. The summed E-state index contributed by atoms with van der Waals surface area (Å²) in [5.74, 6) is 0. The van der Waals surface area contributed by atoms with Gasteiger partial charge in [-0.3, -0.25) is 4.63 Å². The van der Waals surface area contributed by atoms with Crippen molar-refractivity contribution in [2.75, 3.05) is 0 Å². The standard InChI is InChI=1S/C6H7N3O4/c1-2-3-7-4(10)8-6(12)9(13-8)5(7)11/h2-3H2,1H3. The highest BCUT2D eigenvalue weighted by atomic mass is 16.6. The Morgan fingerprint density at radius 2 is 1.62 bits per heavy atom. The van der Waals surface area contributed by atoms with Gasteiger partial charge in [-0.15, -0.1) is 0 Å². The van der Waals surface area contributed by atoms with Crippen LogP contribution in [0, 0.1) is 0 Å². The van der Waals surface area contributed by atoms with E-state index in [1.54, 1.807) is 0 Å². The lowest BCUT2D eigenvalue weighted by molar-refractivity contribution is 0.0824. The van der Waals surface area contributed by atoms with Crippen molar-refractivity contribution in [3.63, 3.8) is 0 Å². The van der Waals surface area contributed by atoms with Gasteiger partial charge in [0.15, 0.2) is 0 Å². The molecule has 0 fully saturated rings. The largest absolute Gasteiger partial charge is 0.408 e. The van der Waals surface area contributed by atoms with E-state index in [0.29, 0.717) is 22.1 Å². The molecule has 7 nitrogen and oxygen atoms in total. The van der Waals surface area contributed by atoms with Crippen molar-refractivity contribution >= 4 is 0 Å².